The van der Waals surface area contributed by atoms with Crippen molar-refractivity contribution in [2.45, 2.75) is 79.2 Å². The Morgan fingerprint density at radius 1 is 0.739 bits per heavy atom. The second kappa shape index (κ2) is 12.5. The van der Waals surface area contributed by atoms with E-state index in [1.807, 2.05) is 31.2 Å². The van der Waals surface area contributed by atoms with Crippen molar-refractivity contribution < 1.29 is 23.5 Å². The molecule has 6 heteroatoms. The summed E-state index contributed by atoms with van der Waals surface area (Å²) in [4.78, 5) is 30.8. The van der Waals surface area contributed by atoms with E-state index in [1.165, 1.54) is 17.7 Å². The highest BCUT2D eigenvalue weighted by molar-refractivity contribution is 6.06. The summed E-state index contributed by atoms with van der Waals surface area (Å²) in [6.07, 6.45) is 3.23. The molecule has 0 saturated heterocycles. The highest BCUT2D eigenvalue weighted by Gasteiger charge is 2.49. The van der Waals surface area contributed by atoms with Gasteiger partial charge >= 0.3 is 0 Å². The molecule has 0 aromatic heterocycles. The first-order valence-electron chi connectivity index (χ1n) is 16.4. The average Bonchev–Trinajstić information content (AvgIpc) is 2.99. The van der Waals surface area contributed by atoms with Crippen LogP contribution < -0.4 is 9.47 Å². The minimum Gasteiger partial charge on any atom is -0.490 e. The Bertz CT molecular complexity index is 1650. The molecule has 0 fully saturated rings. The van der Waals surface area contributed by atoms with Crippen LogP contribution in [-0.2, 0) is 22.6 Å². The first-order valence-corrected chi connectivity index (χ1v) is 16.4. The zero-order chi connectivity index (χ0) is 32.6. The topological polar surface area (TPSA) is 55.8 Å². The number of ketones is 2. The van der Waals surface area contributed by atoms with Crippen molar-refractivity contribution in [3.63, 3.8) is 0 Å². The predicted octanol–water partition coefficient (Wildman–Crippen LogP) is 8.73. The van der Waals surface area contributed by atoms with Gasteiger partial charge in [0.1, 0.15) is 12.4 Å². The Hall–Kier alpha value is -4.19. The van der Waals surface area contributed by atoms with Crippen molar-refractivity contribution in [1.29, 1.82) is 0 Å². The fourth-order valence-electron chi connectivity index (χ4n) is 7.37. The van der Waals surface area contributed by atoms with Crippen LogP contribution in [0.25, 0.3) is 0 Å². The van der Waals surface area contributed by atoms with Crippen molar-refractivity contribution in [3.05, 3.63) is 118 Å². The molecule has 240 valence electrons. The molecule has 1 aliphatic heterocycles. The molecule has 0 radical (unpaired) electrons. The van der Waals surface area contributed by atoms with Crippen LogP contribution in [0, 0.1) is 16.6 Å². The van der Waals surface area contributed by atoms with Crippen molar-refractivity contribution >= 4 is 11.6 Å². The first kappa shape index (κ1) is 31.8. The summed E-state index contributed by atoms with van der Waals surface area (Å²) in [5.41, 5.74) is 6.17. The monoisotopic (exact) mass is 621 g/mol. The van der Waals surface area contributed by atoms with Crippen LogP contribution in [0.5, 0.6) is 11.5 Å². The molecule has 3 aliphatic rings. The minimum atomic E-state index is -0.462. The molecule has 46 heavy (non-hydrogen) atoms. The summed E-state index contributed by atoms with van der Waals surface area (Å²) < 4.78 is 25.7. The van der Waals surface area contributed by atoms with Gasteiger partial charge in [0.15, 0.2) is 23.1 Å². The third-order valence-electron chi connectivity index (χ3n) is 9.40. The van der Waals surface area contributed by atoms with Crippen molar-refractivity contribution in [1.82, 2.24) is 4.90 Å². The van der Waals surface area contributed by atoms with E-state index in [1.54, 1.807) is 12.1 Å². The van der Waals surface area contributed by atoms with Crippen LogP contribution in [0.2, 0.25) is 0 Å². The Morgan fingerprint density at radius 2 is 1.35 bits per heavy atom. The fourth-order valence-corrected chi connectivity index (χ4v) is 7.37. The van der Waals surface area contributed by atoms with Gasteiger partial charge in [-0.25, -0.2) is 4.39 Å². The van der Waals surface area contributed by atoms with Gasteiger partial charge in [-0.3, -0.25) is 9.59 Å². The molecular weight excluding hydrogens is 577 g/mol. The average molecular weight is 622 g/mol. The van der Waals surface area contributed by atoms with Gasteiger partial charge in [-0.1, -0.05) is 76.2 Å². The van der Waals surface area contributed by atoms with Crippen LogP contribution in [0.3, 0.4) is 0 Å². The number of halogens is 1. The van der Waals surface area contributed by atoms with Gasteiger partial charge in [0, 0.05) is 47.8 Å². The lowest BCUT2D eigenvalue weighted by molar-refractivity contribution is -0.119. The number of benzene rings is 3. The number of carbonyl (C=O) groups excluding carboxylic acids is 2. The number of allylic oxidation sites excluding steroid dienone is 4. The fraction of sp³-hybridized carbons (Fsp3) is 0.400. The van der Waals surface area contributed by atoms with Crippen LogP contribution >= 0.6 is 0 Å². The molecule has 3 aromatic carbocycles. The molecule has 6 rings (SSSR count). The van der Waals surface area contributed by atoms with Gasteiger partial charge < -0.3 is 14.4 Å². The largest absolute Gasteiger partial charge is 0.490 e. The number of hydrogen-bond acceptors (Lipinski definition) is 5. The molecule has 2 aliphatic carbocycles. The van der Waals surface area contributed by atoms with Gasteiger partial charge in [-0.05, 0) is 78.0 Å². The molecule has 0 bridgehead atoms. The molecule has 0 N–H and O–H groups in total. The lowest BCUT2D eigenvalue weighted by Crippen LogP contribution is -2.45. The number of carbonyl (C=O) groups is 2. The SMILES string of the molecule is CCOc1cc(C2C3=C(CC(C)(C)CC3=O)N(CCc3ccccc3)C3=C2C(=O)CC(C)(C)C3)ccc1OCc1ccc(F)cc1. The molecule has 3 aromatic rings. The van der Waals surface area contributed by atoms with E-state index in [0.29, 0.717) is 37.5 Å². The van der Waals surface area contributed by atoms with Crippen molar-refractivity contribution in [2.24, 2.45) is 10.8 Å². The Labute approximate surface area is 272 Å². The lowest BCUT2D eigenvalue weighted by atomic mass is 9.63. The number of hydrogen-bond donors (Lipinski definition) is 0. The third-order valence-corrected chi connectivity index (χ3v) is 9.40. The van der Waals surface area contributed by atoms with Crippen LogP contribution in [0.15, 0.2) is 95.3 Å². The lowest BCUT2D eigenvalue weighted by Gasteiger charge is -2.49. The van der Waals surface area contributed by atoms with Crippen LogP contribution in [0.4, 0.5) is 4.39 Å². The Balaban J connectivity index is 1.45. The van der Waals surface area contributed by atoms with Gasteiger partial charge in [0.25, 0.3) is 0 Å². The van der Waals surface area contributed by atoms with Gasteiger partial charge in [0.05, 0.1) is 6.61 Å². The van der Waals surface area contributed by atoms with Gasteiger partial charge in [0.2, 0.25) is 0 Å². The second-order valence-electron chi connectivity index (χ2n) is 14.5. The Morgan fingerprint density at radius 3 is 1.93 bits per heavy atom. The maximum atomic E-state index is 14.2. The molecule has 0 spiro atoms. The van der Waals surface area contributed by atoms with Crippen LogP contribution in [-0.4, -0.2) is 29.6 Å². The second-order valence-corrected chi connectivity index (χ2v) is 14.5. The highest BCUT2D eigenvalue weighted by atomic mass is 19.1. The Kier molecular flexibility index (Phi) is 8.66. The number of ether oxygens (including phenoxy) is 2. The summed E-state index contributed by atoms with van der Waals surface area (Å²) in [5, 5.41) is 0. The predicted molar refractivity (Wildman–Crippen MR) is 178 cm³/mol. The number of rotatable bonds is 9. The third kappa shape index (κ3) is 6.53. The summed E-state index contributed by atoms with van der Waals surface area (Å²) in [7, 11) is 0. The summed E-state index contributed by atoms with van der Waals surface area (Å²) in [6.45, 7) is 12.0. The molecule has 5 nitrogen and oxygen atoms in total. The zero-order valence-electron chi connectivity index (χ0n) is 27.6. The molecular formula is C40H44FNO4. The number of Topliss-reactive ketones (excluding diaryl/α,β-unsaturated/α-hetero) is 2. The zero-order valence-corrected chi connectivity index (χ0v) is 27.6. The standard InChI is InChI=1S/C40H44FNO4/c1-6-45-35-20-28(14-17-34(35)46-25-27-12-15-29(41)16-13-27)36-37-30(21-39(2,3)23-32(37)43)42(19-18-26-10-8-7-9-11-26)31-22-40(4,5)24-33(44)38(31)36/h7-17,20,36H,6,18-19,21-25H2,1-5H3. The molecule has 1 heterocycles. The normalized spacial score (nSPS) is 19.2. The van der Waals surface area contributed by atoms with E-state index in [4.69, 9.17) is 9.47 Å². The number of nitrogens with zero attached hydrogens (tertiary/aromatic N) is 1. The van der Waals surface area contributed by atoms with Gasteiger partial charge in [-0.2, -0.15) is 0 Å². The molecule has 0 amide bonds. The summed E-state index contributed by atoms with van der Waals surface area (Å²) >= 11 is 0. The minimum absolute atomic E-state index is 0.111. The summed E-state index contributed by atoms with van der Waals surface area (Å²) in [5.74, 6) is 0.587. The van der Waals surface area contributed by atoms with Gasteiger partial charge in [-0.15, -0.1) is 0 Å². The van der Waals surface area contributed by atoms with E-state index >= 15 is 0 Å². The van der Waals surface area contributed by atoms with E-state index in [2.05, 4.69) is 56.9 Å². The van der Waals surface area contributed by atoms with E-state index in [-0.39, 0.29) is 34.8 Å². The maximum absolute atomic E-state index is 14.2. The van der Waals surface area contributed by atoms with E-state index in [9.17, 15) is 14.0 Å². The summed E-state index contributed by atoms with van der Waals surface area (Å²) in [6, 6.07) is 22.4. The van der Waals surface area contributed by atoms with E-state index < -0.39 is 5.92 Å². The van der Waals surface area contributed by atoms with Crippen LogP contribution in [0.1, 0.15) is 82.9 Å². The smallest absolute Gasteiger partial charge is 0.162 e. The quantitative estimate of drug-likeness (QED) is 0.239. The first-order chi connectivity index (χ1) is 21.9. The van der Waals surface area contributed by atoms with E-state index in [0.717, 1.165) is 52.9 Å². The molecule has 0 atom stereocenters. The van der Waals surface area contributed by atoms with Crippen molar-refractivity contribution in [2.75, 3.05) is 13.2 Å². The van der Waals surface area contributed by atoms with Crippen molar-refractivity contribution in [3.8, 4) is 11.5 Å². The molecule has 0 saturated carbocycles. The molecule has 0 unspecified atom stereocenters. The maximum Gasteiger partial charge on any atom is 0.162 e. The highest BCUT2D eigenvalue weighted by Crippen LogP contribution is 2.55.